The molecule has 98 valence electrons. The van der Waals surface area contributed by atoms with E-state index in [0.717, 1.165) is 16.2 Å². The van der Waals surface area contributed by atoms with E-state index < -0.39 is 17.9 Å². The minimum absolute atomic E-state index is 0. The van der Waals surface area contributed by atoms with Gasteiger partial charge < -0.3 is 10.5 Å². The van der Waals surface area contributed by atoms with Crippen molar-refractivity contribution < 1.29 is 18.3 Å². The molecule has 1 rings (SSSR count). The molecule has 7 heteroatoms. The minimum atomic E-state index is -3.69. The van der Waals surface area contributed by atoms with Crippen molar-refractivity contribution >= 4 is 29.7 Å². The largest absolute Gasteiger partial charge is 0.462 e. The third-order valence-corrected chi connectivity index (χ3v) is 3.09. The van der Waals surface area contributed by atoms with E-state index in [-0.39, 0.29) is 23.9 Å². The molecule has 0 amide bonds. The molecule has 0 aromatic carbocycles. The molecule has 2 N–H and O–H groups in total. The molecular formula is C10H14ClF2NO2S. The smallest absolute Gasteiger partial charge is 0.379 e. The summed E-state index contributed by atoms with van der Waals surface area (Å²) in [6.45, 7) is 3.16. The van der Waals surface area contributed by atoms with Crippen molar-refractivity contribution in [3.63, 3.8) is 0 Å². The summed E-state index contributed by atoms with van der Waals surface area (Å²) < 4.78 is 31.3. The number of carbonyl (C=O) groups excluding carboxylic acids is 1. The molecule has 17 heavy (non-hydrogen) atoms. The highest BCUT2D eigenvalue weighted by Gasteiger charge is 2.48. The minimum Gasteiger partial charge on any atom is -0.462 e. The third kappa shape index (κ3) is 3.62. The number of ether oxygens (including phenoxy) is 1. The molecule has 0 saturated heterocycles. The number of halogens is 3. The number of carbonyl (C=O) groups is 1. The van der Waals surface area contributed by atoms with Crippen LogP contribution in [0.4, 0.5) is 8.78 Å². The van der Waals surface area contributed by atoms with Gasteiger partial charge in [0.15, 0.2) is 0 Å². The molecule has 1 aromatic rings. The van der Waals surface area contributed by atoms with E-state index >= 15 is 0 Å². The van der Waals surface area contributed by atoms with E-state index in [2.05, 4.69) is 4.74 Å². The van der Waals surface area contributed by atoms with Gasteiger partial charge in [-0.25, -0.2) is 4.79 Å². The van der Waals surface area contributed by atoms with Gasteiger partial charge in [-0.1, -0.05) is 0 Å². The summed E-state index contributed by atoms with van der Waals surface area (Å²) in [6.07, 6.45) is 0. The fourth-order valence-corrected chi connectivity index (χ4v) is 2.07. The van der Waals surface area contributed by atoms with Gasteiger partial charge in [0, 0.05) is 9.75 Å². The summed E-state index contributed by atoms with van der Waals surface area (Å²) >= 11 is 1.15. The summed E-state index contributed by atoms with van der Waals surface area (Å²) in [5.41, 5.74) is 5.38. The number of aryl methyl sites for hydroxylation is 1. The van der Waals surface area contributed by atoms with Crippen LogP contribution in [0.1, 0.15) is 22.7 Å². The Hall–Kier alpha value is -0.720. The Morgan fingerprint density at radius 2 is 2.18 bits per heavy atom. The highest BCUT2D eigenvalue weighted by molar-refractivity contribution is 7.12. The SMILES string of the molecule is CCOC(=O)C(F)(F)[C@@H](N)c1ccc(C)s1.Cl. The maximum atomic E-state index is 13.5. The Morgan fingerprint density at radius 1 is 1.59 bits per heavy atom. The first kappa shape index (κ1) is 16.3. The summed E-state index contributed by atoms with van der Waals surface area (Å²) in [5, 5.41) is 0. The van der Waals surface area contributed by atoms with Gasteiger partial charge in [0.2, 0.25) is 0 Å². The average Bonchev–Trinajstić information content (AvgIpc) is 2.64. The maximum Gasteiger partial charge on any atom is 0.379 e. The van der Waals surface area contributed by atoms with Crippen LogP contribution in [0.15, 0.2) is 12.1 Å². The van der Waals surface area contributed by atoms with Crippen molar-refractivity contribution in [3.8, 4) is 0 Å². The van der Waals surface area contributed by atoms with Crippen molar-refractivity contribution in [2.24, 2.45) is 5.73 Å². The first-order valence-electron chi connectivity index (χ1n) is 4.76. The third-order valence-electron chi connectivity index (χ3n) is 2.01. The second-order valence-electron chi connectivity index (χ2n) is 3.27. The summed E-state index contributed by atoms with van der Waals surface area (Å²) in [7, 11) is 0. The van der Waals surface area contributed by atoms with Crippen LogP contribution in [0.5, 0.6) is 0 Å². The maximum absolute atomic E-state index is 13.5. The van der Waals surface area contributed by atoms with Crippen LogP contribution < -0.4 is 5.73 Å². The molecule has 0 aliphatic rings. The zero-order chi connectivity index (χ0) is 12.3. The average molecular weight is 286 g/mol. The zero-order valence-electron chi connectivity index (χ0n) is 9.41. The first-order valence-corrected chi connectivity index (χ1v) is 5.58. The lowest BCUT2D eigenvalue weighted by molar-refractivity contribution is -0.174. The predicted molar refractivity (Wildman–Crippen MR) is 64.8 cm³/mol. The Bertz CT molecular complexity index is 384. The van der Waals surface area contributed by atoms with Crippen molar-refractivity contribution in [3.05, 3.63) is 21.9 Å². The van der Waals surface area contributed by atoms with E-state index in [1.807, 2.05) is 0 Å². The van der Waals surface area contributed by atoms with E-state index in [9.17, 15) is 13.6 Å². The van der Waals surface area contributed by atoms with Crippen molar-refractivity contribution in [1.29, 1.82) is 0 Å². The molecule has 1 heterocycles. The van der Waals surface area contributed by atoms with Crippen molar-refractivity contribution in [2.45, 2.75) is 25.8 Å². The molecule has 0 fully saturated rings. The van der Waals surface area contributed by atoms with Gasteiger partial charge in [-0.2, -0.15) is 8.78 Å². The Labute approximate surface area is 108 Å². The van der Waals surface area contributed by atoms with Gasteiger partial charge in [-0.05, 0) is 26.0 Å². The van der Waals surface area contributed by atoms with Crippen LogP contribution in [0.2, 0.25) is 0 Å². The predicted octanol–water partition coefficient (Wildman–Crippen LogP) is 2.68. The topological polar surface area (TPSA) is 52.3 Å². The van der Waals surface area contributed by atoms with E-state index in [1.165, 1.54) is 13.0 Å². The zero-order valence-corrected chi connectivity index (χ0v) is 11.0. The van der Waals surface area contributed by atoms with Gasteiger partial charge in [0.1, 0.15) is 6.04 Å². The van der Waals surface area contributed by atoms with Crippen LogP contribution in [0.3, 0.4) is 0 Å². The molecule has 0 spiro atoms. The Kier molecular flexibility index (Phi) is 6.01. The van der Waals surface area contributed by atoms with Gasteiger partial charge in [0.25, 0.3) is 0 Å². The van der Waals surface area contributed by atoms with Gasteiger partial charge in [0.05, 0.1) is 6.61 Å². The molecule has 0 aliphatic heterocycles. The van der Waals surface area contributed by atoms with Crippen LogP contribution in [-0.2, 0) is 9.53 Å². The number of rotatable bonds is 4. The normalized spacial score (nSPS) is 12.8. The van der Waals surface area contributed by atoms with Crippen molar-refractivity contribution in [1.82, 2.24) is 0 Å². The number of alkyl halides is 2. The fourth-order valence-electron chi connectivity index (χ4n) is 1.15. The fraction of sp³-hybridized carbons (Fsp3) is 0.500. The van der Waals surface area contributed by atoms with E-state index in [0.29, 0.717) is 0 Å². The highest BCUT2D eigenvalue weighted by Crippen LogP contribution is 2.34. The lowest BCUT2D eigenvalue weighted by atomic mass is 10.1. The first-order chi connectivity index (χ1) is 7.39. The molecule has 0 saturated carbocycles. The number of esters is 1. The van der Waals surface area contributed by atoms with Crippen LogP contribution in [0.25, 0.3) is 0 Å². The number of nitrogens with two attached hydrogens (primary N) is 1. The monoisotopic (exact) mass is 285 g/mol. The number of hydrogen-bond acceptors (Lipinski definition) is 4. The lowest BCUT2D eigenvalue weighted by Gasteiger charge is -2.20. The molecular weight excluding hydrogens is 272 g/mol. The molecule has 0 radical (unpaired) electrons. The second kappa shape index (κ2) is 6.28. The number of thiophene rings is 1. The van der Waals surface area contributed by atoms with Gasteiger partial charge >= 0.3 is 11.9 Å². The number of hydrogen-bond donors (Lipinski definition) is 1. The molecule has 3 nitrogen and oxygen atoms in total. The molecule has 0 unspecified atom stereocenters. The molecule has 0 bridgehead atoms. The quantitative estimate of drug-likeness (QED) is 0.866. The summed E-state index contributed by atoms with van der Waals surface area (Å²) in [4.78, 5) is 12.2. The molecule has 1 atom stereocenters. The van der Waals surface area contributed by atoms with Crippen LogP contribution >= 0.6 is 23.7 Å². The second-order valence-corrected chi connectivity index (χ2v) is 4.59. The van der Waals surface area contributed by atoms with E-state index in [4.69, 9.17) is 5.73 Å². The molecule has 1 aromatic heterocycles. The van der Waals surface area contributed by atoms with Gasteiger partial charge in [-0.15, -0.1) is 23.7 Å². The van der Waals surface area contributed by atoms with Gasteiger partial charge in [-0.3, -0.25) is 0 Å². The summed E-state index contributed by atoms with van der Waals surface area (Å²) in [6, 6.07) is 1.53. The lowest BCUT2D eigenvalue weighted by Crippen LogP contribution is -2.41. The highest BCUT2D eigenvalue weighted by atomic mass is 35.5. The molecule has 0 aliphatic carbocycles. The van der Waals surface area contributed by atoms with E-state index in [1.54, 1.807) is 13.0 Å². The standard InChI is InChI=1S/C10H13F2NO2S.ClH/c1-3-15-9(14)10(11,12)8(13)7-5-4-6(2)16-7;/h4-5,8H,3,13H2,1-2H3;1H/t8-;/m0./s1. The van der Waals surface area contributed by atoms with Crippen molar-refractivity contribution in [2.75, 3.05) is 6.61 Å². The summed E-state index contributed by atoms with van der Waals surface area (Å²) in [5.74, 6) is -5.26. The van der Waals surface area contributed by atoms with Crippen LogP contribution in [-0.4, -0.2) is 18.5 Å². The Morgan fingerprint density at radius 3 is 2.59 bits per heavy atom. The Balaban J connectivity index is 0.00000256. The van der Waals surface area contributed by atoms with Crippen LogP contribution in [0, 0.1) is 6.92 Å².